The van der Waals surface area contributed by atoms with Gasteiger partial charge in [-0.3, -0.25) is 0 Å². The molecule has 1 aromatic heterocycles. The topological polar surface area (TPSA) is 57.4 Å². The van der Waals surface area contributed by atoms with E-state index in [1.165, 1.54) is 0 Å². The first-order chi connectivity index (χ1) is 10.2. The summed E-state index contributed by atoms with van der Waals surface area (Å²) >= 11 is 1.62. The summed E-state index contributed by atoms with van der Waals surface area (Å²) in [5.74, 6) is 2.08. The van der Waals surface area contributed by atoms with Gasteiger partial charge in [-0.05, 0) is 32.0 Å². The monoisotopic (exact) mass is 300 g/mol. The van der Waals surface area contributed by atoms with Crippen molar-refractivity contribution < 1.29 is 9.47 Å². The first-order valence-electron chi connectivity index (χ1n) is 6.73. The van der Waals surface area contributed by atoms with Crippen molar-refractivity contribution in [2.75, 3.05) is 12.3 Å². The molecule has 5 heteroatoms. The van der Waals surface area contributed by atoms with Crippen LogP contribution in [-0.4, -0.2) is 11.6 Å². The largest absolute Gasteiger partial charge is 0.494 e. The summed E-state index contributed by atoms with van der Waals surface area (Å²) in [7, 11) is 0. The Morgan fingerprint density at radius 1 is 1.19 bits per heavy atom. The van der Waals surface area contributed by atoms with E-state index in [1.54, 1.807) is 11.3 Å². The summed E-state index contributed by atoms with van der Waals surface area (Å²) in [6.45, 7) is 4.55. The van der Waals surface area contributed by atoms with Crippen LogP contribution in [0.25, 0.3) is 10.2 Å². The van der Waals surface area contributed by atoms with E-state index >= 15 is 0 Å². The average molecular weight is 300 g/mol. The molecule has 0 aliphatic carbocycles. The van der Waals surface area contributed by atoms with Crippen LogP contribution in [-0.2, 0) is 0 Å². The van der Waals surface area contributed by atoms with Gasteiger partial charge in [-0.2, -0.15) is 0 Å². The van der Waals surface area contributed by atoms with Crippen molar-refractivity contribution in [2.24, 2.45) is 0 Å². The number of hydrogen-bond donors (Lipinski definition) is 1. The number of benzene rings is 2. The first-order valence-corrected chi connectivity index (χ1v) is 7.54. The lowest BCUT2D eigenvalue weighted by atomic mass is 10.2. The highest BCUT2D eigenvalue weighted by atomic mass is 32.1. The number of hydrogen-bond acceptors (Lipinski definition) is 5. The lowest BCUT2D eigenvalue weighted by Crippen LogP contribution is -1.94. The van der Waals surface area contributed by atoms with Crippen molar-refractivity contribution in [1.29, 1.82) is 0 Å². The van der Waals surface area contributed by atoms with E-state index in [9.17, 15) is 0 Å². The number of aryl methyl sites for hydroxylation is 1. The second-order valence-electron chi connectivity index (χ2n) is 4.60. The number of ether oxygens (including phenoxy) is 2. The SMILES string of the molecule is CCOc1cccc(Oc2cc3nc(C)sc3cc2N)c1. The van der Waals surface area contributed by atoms with Crippen LogP contribution in [0.3, 0.4) is 0 Å². The van der Waals surface area contributed by atoms with E-state index in [0.717, 1.165) is 21.0 Å². The fourth-order valence-electron chi connectivity index (χ4n) is 2.10. The number of nitrogens with two attached hydrogens (primary N) is 1. The minimum atomic E-state index is 0.605. The Morgan fingerprint density at radius 3 is 2.81 bits per heavy atom. The van der Waals surface area contributed by atoms with Crippen LogP contribution < -0.4 is 15.2 Å². The van der Waals surface area contributed by atoms with Crippen LogP contribution in [0.5, 0.6) is 17.2 Å². The Morgan fingerprint density at radius 2 is 2.00 bits per heavy atom. The van der Waals surface area contributed by atoms with Gasteiger partial charge in [0.05, 0.1) is 27.5 Å². The third-order valence-corrected chi connectivity index (χ3v) is 3.90. The fraction of sp³-hybridized carbons (Fsp3) is 0.188. The molecule has 108 valence electrons. The first kappa shape index (κ1) is 13.7. The molecule has 0 saturated carbocycles. The van der Waals surface area contributed by atoms with Gasteiger partial charge in [0.2, 0.25) is 0 Å². The molecule has 2 aromatic carbocycles. The molecule has 0 aliphatic rings. The van der Waals surface area contributed by atoms with Gasteiger partial charge < -0.3 is 15.2 Å². The van der Waals surface area contributed by atoms with Crippen LogP contribution >= 0.6 is 11.3 Å². The maximum atomic E-state index is 6.06. The van der Waals surface area contributed by atoms with Crippen molar-refractivity contribution in [1.82, 2.24) is 4.98 Å². The predicted molar refractivity (Wildman–Crippen MR) is 86.5 cm³/mol. The molecule has 0 atom stereocenters. The molecule has 2 N–H and O–H groups in total. The number of nitrogen functional groups attached to an aromatic ring is 1. The van der Waals surface area contributed by atoms with Gasteiger partial charge in [0.1, 0.15) is 11.5 Å². The molecule has 3 aromatic rings. The van der Waals surface area contributed by atoms with Crippen molar-refractivity contribution in [2.45, 2.75) is 13.8 Å². The lowest BCUT2D eigenvalue weighted by Gasteiger charge is -2.10. The quantitative estimate of drug-likeness (QED) is 0.726. The highest BCUT2D eigenvalue weighted by Gasteiger charge is 2.08. The van der Waals surface area contributed by atoms with Crippen molar-refractivity contribution in [3.05, 3.63) is 41.4 Å². The molecule has 0 amide bonds. The van der Waals surface area contributed by atoms with Crippen molar-refractivity contribution >= 4 is 27.2 Å². The van der Waals surface area contributed by atoms with Crippen LogP contribution in [0.1, 0.15) is 11.9 Å². The highest BCUT2D eigenvalue weighted by molar-refractivity contribution is 7.18. The third-order valence-electron chi connectivity index (χ3n) is 2.97. The van der Waals surface area contributed by atoms with Crippen LogP contribution in [0.2, 0.25) is 0 Å². The lowest BCUT2D eigenvalue weighted by molar-refractivity contribution is 0.338. The zero-order valence-corrected chi connectivity index (χ0v) is 12.7. The van der Waals surface area contributed by atoms with E-state index in [2.05, 4.69) is 4.98 Å². The summed E-state index contributed by atoms with van der Waals surface area (Å²) in [5, 5.41) is 1.01. The van der Waals surface area contributed by atoms with Gasteiger partial charge >= 0.3 is 0 Å². The molecular formula is C16H16N2O2S. The Balaban J connectivity index is 1.93. The third kappa shape index (κ3) is 2.92. The van der Waals surface area contributed by atoms with Crippen LogP contribution in [0.4, 0.5) is 5.69 Å². The zero-order chi connectivity index (χ0) is 14.8. The molecule has 1 heterocycles. The molecule has 0 fully saturated rings. The van der Waals surface area contributed by atoms with Gasteiger partial charge in [-0.1, -0.05) is 6.07 Å². The fourth-order valence-corrected chi connectivity index (χ4v) is 2.95. The molecular weight excluding hydrogens is 284 g/mol. The van der Waals surface area contributed by atoms with E-state index in [0.29, 0.717) is 23.8 Å². The molecule has 3 rings (SSSR count). The number of thiazole rings is 1. The predicted octanol–water partition coefficient (Wildman–Crippen LogP) is 4.38. The van der Waals surface area contributed by atoms with Crippen molar-refractivity contribution in [3.63, 3.8) is 0 Å². The van der Waals surface area contributed by atoms with Gasteiger partial charge in [0.15, 0.2) is 5.75 Å². The normalized spacial score (nSPS) is 10.8. The molecule has 0 spiro atoms. The second-order valence-corrected chi connectivity index (χ2v) is 5.84. The number of fused-ring (bicyclic) bond motifs is 1. The van der Waals surface area contributed by atoms with Gasteiger partial charge in [0.25, 0.3) is 0 Å². The Kier molecular flexibility index (Phi) is 3.66. The van der Waals surface area contributed by atoms with E-state index in [1.807, 2.05) is 50.2 Å². The summed E-state index contributed by atoms with van der Waals surface area (Å²) < 4.78 is 12.4. The average Bonchev–Trinajstić information content (AvgIpc) is 2.79. The van der Waals surface area contributed by atoms with Gasteiger partial charge in [-0.25, -0.2) is 4.98 Å². The summed E-state index contributed by atoms with van der Waals surface area (Å²) in [6.07, 6.45) is 0. The van der Waals surface area contributed by atoms with Gasteiger partial charge in [-0.15, -0.1) is 11.3 Å². The smallest absolute Gasteiger partial charge is 0.152 e. The van der Waals surface area contributed by atoms with E-state index in [-0.39, 0.29) is 0 Å². The number of anilines is 1. The van der Waals surface area contributed by atoms with Crippen molar-refractivity contribution in [3.8, 4) is 17.2 Å². The molecule has 0 bridgehead atoms. The van der Waals surface area contributed by atoms with Gasteiger partial charge in [0, 0.05) is 12.1 Å². The summed E-state index contributed by atoms with van der Waals surface area (Å²) in [5.41, 5.74) is 7.57. The minimum absolute atomic E-state index is 0.605. The molecule has 21 heavy (non-hydrogen) atoms. The maximum Gasteiger partial charge on any atom is 0.152 e. The standard InChI is InChI=1S/C16H16N2O2S/c1-3-19-11-5-4-6-12(7-11)20-15-9-14-16(8-13(15)17)21-10(2)18-14/h4-9H,3,17H2,1-2H3. The van der Waals surface area contributed by atoms with Crippen LogP contribution in [0, 0.1) is 6.92 Å². The number of nitrogens with zero attached hydrogens (tertiary/aromatic N) is 1. The van der Waals surface area contributed by atoms with Crippen LogP contribution in [0.15, 0.2) is 36.4 Å². The van der Waals surface area contributed by atoms with E-state index < -0.39 is 0 Å². The highest BCUT2D eigenvalue weighted by Crippen LogP contribution is 2.34. The van der Waals surface area contributed by atoms with E-state index in [4.69, 9.17) is 15.2 Å². The summed E-state index contributed by atoms with van der Waals surface area (Å²) in [6, 6.07) is 11.3. The Labute approximate surface area is 127 Å². The molecule has 0 aliphatic heterocycles. The molecule has 0 saturated heterocycles. The number of rotatable bonds is 4. The molecule has 4 nitrogen and oxygen atoms in total. The number of aromatic nitrogens is 1. The molecule has 0 radical (unpaired) electrons. The second kappa shape index (κ2) is 5.61. The maximum absolute atomic E-state index is 6.06. The summed E-state index contributed by atoms with van der Waals surface area (Å²) in [4.78, 5) is 4.46. The Bertz CT molecular complexity index is 783. The zero-order valence-electron chi connectivity index (χ0n) is 11.9. The molecule has 0 unspecified atom stereocenters. The minimum Gasteiger partial charge on any atom is -0.494 e. The Hall–Kier alpha value is -2.27.